The molecule has 0 aliphatic carbocycles. The van der Waals surface area contributed by atoms with Crippen molar-refractivity contribution < 1.29 is 19.7 Å². The lowest BCUT2D eigenvalue weighted by Gasteiger charge is -2.21. The molecule has 0 bridgehead atoms. The molecule has 10 heteroatoms. The first kappa shape index (κ1) is 18.2. The normalized spacial score (nSPS) is 14.0. The molecule has 0 aliphatic heterocycles. The molecular weight excluding hydrogens is 294 g/mol. The fourth-order valence-electron chi connectivity index (χ4n) is 1.65. The van der Waals surface area contributed by atoms with E-state index in [0.29, 0.717) is 0 Å². The summed E-state index contributed by atoms with van der Waals surface area (Å²) in [5.74, 6) is -0.738. The molecule has 0 saturated heterocycles. The number of aliphatic hydroxyl groups is 1. The average molecular weight is 315 g/mol. The van der Waals surface area contributed by atoms with Gasteiger partial charge in [-0.1, -0.05) is 18.8 Å². The van der Waals surface area contributed by atoms with Crippen LogP contribution >= 0.6 is 0 Å². The van der Waals surface area contributed by atoms with Crippen molar-refractivity contribution in [2.45, 2.75) is 32.5 Å². The number of aliphatic hydroxyl groups excluding tert-OH is 1. The first-order chi connectivity index (χ1) is 10.4. The van der Waals surface area contributed by atoms with Gasteiger partial charge in [-0.25, -0.2) is 4.57 Å². The largest absolute Gasteiger partial charge is 0.435 e. The van der Waals surface area contributed by atoms with Crippen LogP contribution in [0.4, 0.5) is 5.95 Å². The summed E-state index contributed by atoms with van der Waals surface area (Å²) < 4.78 is 1.20. The SMILES string of the molecule is CC(C)C(=O)CC(NOC(CN)CO)n1ccnc1[N+](=O)[O-]. The van der Waals surface area contributed by atoms with Crippen LogP contribution in [0.5, 0.6) is 0 Å². The Morgan fingerprint density at radius 1 is 1.64 bits per heavy atom. The van der Waals surface area contributed by atoms with Crippen LogP contribution < -0.4 is 11.2 Å². The predicted octanol–water partition coefficient (Wildman–Crippen LogP) is -0.254. The Labute approximate surface area is 127 Å². The molecule has 1 aromatic heterocycles. The van der Waals surface area contributed by atoms with Crippen molar-refractivity contribution in [1.29, 1.82) is 0 Å². The van der Waals surface area contributed by atoms with Crippen LogP contribution in [-0.4, -0.2) is 44.6 Å². The number of nitrogens with one attached hydrogen (secondary N) is 1. The summed E-state index contributed by atoms with van der Waals surface area (Å²) in [7, 11) is 0. The minimum atomic E-state index is -0.821. The fraction of sp³-hybridized carbons (Fsp3) is 0.667. The highest BCUT2D eigenvalue weighted by Gasteiger charge is 2.27. The van der Waals surface area contributed by atoms with Crippen molar-refractivity contribution in [3.63, 3.8) is 0 Å². The standard InChI is InChI=1S/C12H21N5O5/c1-8(2)10(19)5-11(15-22-9(6-13)7-18)16-4-3-14-12(16)17(20)21/h3-4,8-9,11,15,18H,5-7,13H2,1-2H3. The summed E-state index contributed by atoms with van der Waals surface area (Å²) in [5.41, 5.74) is 7.96. The Kier molecular flexibility index (Phi) is 7.05. The summed E-state index contributed by atoms with van der Waals surface area (Å²) in [6.45, 7) is 3.21. The summed E-state index contributed by atoms with van der Waals surface area (Å²) in [6, 6.07) is 0. The van der Waals surface area contributed by atoms with Gasteiger partial charge in [-0.05, 0) is 4.92 Å². The summed E-state index contributed by atoms with van der Waals surface area (Å²) >= 11 is 0. The number of nitro groups is 1. The third kappa shape index (κ3) is 4.84. The van der Waals surface area contributed by atoms with Gasteiger partial charge in [-0.3, -0.25) is 9.63 Å². The van der Waals surface area contributed by atoms with Crippen molar-refractivity contribution >= 4 is 11.7 Å². The molecule has 2 unspecified atom stereocenters. The number of hydroxylamine groups is 1. The topological polar surface area (TPSA) is 146 Å². The van der Waals surface area contributed by atoms with E-state index in [1.54, 1.807) is 13.8 Å². The van der Waals surface area contributed by atoms with E-state index in [9.17, 15) is 14.9 Å². The molecule has 124 valence electrons. The lowest BCUT2D eigenvalue weighted by molar-refractivity contribution is -0.397. The number of carbonyl (C=O) groups excluding carboxylic acids is 1. The van der Waals surface area contributed by atoms with Crippen molar-refractivity contribution in [2.75, 3.05) is 13.2 Å². The van der Waals surface area contributed by atoms with Crippen LogP contribution in [0.25, 0.3) is 0 Å². The highest BCUT2D eigenvalue weighted by molar-refractivity contribution is 5.80. The van der Waals surface area contributed by atoms with Crippen LogP contribution in [0.3, 0.4) is 0 Å². The molecule has 0 aromatic carbocycles. The number of hydrogen-bond acceptors (Lipinski definition) is 8. The Morgan fingerprint density at radius 2 is 2.32 bits per heavy atom. The van der Waals surface area contributed by atoms with Crippen molar-refractivity contribution in [2.24, 2.45) is 11.7 Å². The number of imidazole rings is 1. The van der Waals surface area contributed by atoms with E-state index in [2.05, 4.69) is 10.5 Å². The highest BCUT2D eigenvalue weighted by Crippen LogP contribution is 2.19. The molecule has 0 amide bonds. The number of aromatic nitrogens is 2. The second-order valence-corrected chi connectivity index (χ2v) is 5.01. The third-order valence-corrected chi connectivity index (χ3v) is 3.02. The van der Waals surface area contributed by atoms with Crippen molar-refractivity contribution in [3.05, 3.63) is 22.5 Å². The summed E-state index contributed by atoms with van der Waals surface area (Å²) in [4.78, 5) is 31.1. The summed E-state index contributed by atoms with van der Waals surface area (Å²) in [6.07, 6.45) is 1.11. The molecule has 0 radical (unpaired) electrons. The number of rotatable bonds is 10. The van der Waals surface area contributed by atoms with Crippen LogP contribution in [0.15, 0.2) is 12.4 Å². The third-order valence-electron chi connectivity index (χ3n) is 3.02. The minimum absolute atomic E-state index is 0.0302. The first-order valence-corrected chi connectivity index (χ1v) is 6.82. The molecule has 0 spiro atoms. The van der Waals surface area contributed by atoms with Gasteiger partial charge in [0.25, 0.3) is 0 Å². The van der Waals surface area contributed by atoms with E-state index < -0.39 is 23.1 Å². The number of nitrogens with zero attached hydrogens (tertiary/aromatic N) is 3. The van der Waals surface area contributed by atoms with Crippen LogP contribution in [0.1, 0.15) is 26.4 Å². The smallest absolute Gasteiger partial charge is 0.394 e. The van der Waals surface area contributed by atoms with Gasteiger partial charge in [0.1, 0.15) is 24.3 Å². The van der Waals surface area contributed by atoms with Crippen molar-refractivity contribution in [3.8, 4) is 0 Å². The van der Waals surface area contributed by atoms with Crippen molar-refractivity contribution in [1.82, 2.24) is 15.0 Å². The Morgan fingerprint density at radius 3 is 2.82 bits per heavy atom. The Hall–Kier alpha value is -1.88. The molecule has 4 N–H and O–H groups in total. The molecule has 10 nitrogen and oxygen atoms in total. The molecular formula is C12H21N5O5. The van der Waals surface area contributed by atoms with Gasteiger partial charge < -0.3 is 21.0 Å². The predicted molar refractivity (Wildman–Crippen MR) is 76.5 cm³/mol. The molecule has 0 fully saturated rings. The zero-order valence-corrected chi connectivity index (χ0v) is 12.5. The van der Waals surface area contributed by atoms with Gasteiger partial charge >= 0.3 is 5.95 Å². The second kappa shape index (κ2) is 8.54. The van der Waals surface area contributed by atoms with E-state index in [-0.39, 0.29) is 31.3 Å². The molecule has 0 saturated carbocycles. The van der Waals surface area contributed by atoms with Gasteiger partial charge in [0.15, 0.2) is 6.17 Å². The van der Waals surface area contributed by atoms with Gasteiger partial charge in [-0.2, -0.15) is 5.48 Å². The van der Waals surface area contributed by atoms with Gasteiger partial charge in [0.05, 0.1) is 13.0 Å². The first-order valence-electron chi connectivity index (χ1n) is 6.82. The maximum Gasteiger partial charge on any atom is 0.435 e. The maximum atomic E-state index is 11.9. The van der Waals surface area contributed by atoms with Crippen LogP contribution in [-0.2, 0) is 9.63 Å². The number of hydrogen-bond donors (Lipinski definition) is 3. The molecule has 1 aromatic rings. The molecule has 1 heterocycles. The van der Waals surface area contributed by atoms with E-state index in [1.165, 1.54) is 17.0 Å². The van der Waals surface area contributed by atoms with E-state index in [1.807, 2.05) is 0 Å². The number of carbonyl (C=O) groups is 1. The highest BCUT2D eigenvalue weighted by atomic mass is 16.7. The quantitative estimate of drug-likeness (QED) is 0.395. The number of ketones is 1. The van der Waals surface area contributed by atoms with E-state index in [4.69, 9.17) is 15.7 Å². The molecule has 2 atom stereocenters. The van der Waals surface area contributed by atoms with Gasteiger partial charge in [-0.15, -0.1) is 0 Å². The van der Waals surface area contributed by atoms with E-state index in [0.717, 1.165) is 0 Å². The lowest BCUT2D eigenvalue weighted by Crippen LogP contribution is -2.38. The van der Waals surface area contributed by atoms with Gasteiger partial charge in [0, 0.05) is 12.5 Å². The van der Waals surface area contributed by atoms with E-state index >= 15 is 0 Å². The fourth-order valence-corrected chi connectivity index (χ4v) is 1.65. The second-order valence-electron chi connectivity index (χ2n) is 5.01. The number of Topliss-reactive ketones (excluding diaryl/α,β-unsaturated/α-hetero) is 1. The Balaban J connectivity index is 2.92. The monoisotopic (exact) mass is 315 g/mol. The zero-order valence-electron chi connectivity index (χ0n) is 12.5. The van der Waals surface area contributed by atoms with Gasteiger partial charge in [0.2, 0.25) is 0 Å². The lowest BCUT2D eigenvalue weighted by atomic mass is 10.1. The number of nitrogens with two attached hydrogens (primary N) is 1. The zero-order chi connectivity index (χ0) is 16.7. The summed E-state index contributed by atoms with van der Waals surface area (Å²) in [5, 5.41) is 20.0. The molecule has 1 rings (SSSR count). The molecule has 0 aliphatic rings. The van der Waals surface area contributed by atoms with Crippen LogP contribution in [0, 0.1) is 16.0 Å². The average Bonchev–Trinajstić information content (AvgIpc) is 2.96. The minimum Gasteiger partial charge on any atom is -0.394 e. The van der Waals surface area contributed by atoms with Crippen LogP contribution in [0.2, 0.25) is 0 Å². The Bertz CT molecular complexity index is 500. The molecule has 22 heavy (non-hydrogen) atoms. The maximum absolute atomic E-state index is 11.9.